The molecule has 0 radical (unpaired) electrons. The molecule has 3 fully saturated rings. The number of rotatable bonds is 6. The summed E-state index contributed by atoms with van der Waals surface area (Å²) < 4.78 is 5.61. The second-order valence-corrected chi connectivity index (χ2v) is 5.95. The quantitative estimate of drug-likeness (QED) is 0.487. The largest absolute Gasteiger partial charge is 0.481 e. The van der Waals surface area contributed by atoms with Gasteiger partial charge in [0.15, 0.2) is 0 Å². The SMILES string of the molecule is O=C(O)CCCNC(=O)CN1C(=O)C2C3CCC(O3)C2C1=O. The van der Waals surface area contributed by atoms with Gasteiger partial charge in [-0.15, -0.1) is 0 Å². The van der Waals surface area contributed by atoms with Crippen LogP contribution in [0.4, 0.5) is 0 Å². The molecule has 0 aromatic carbocycles. The molecule has 3 aliphatic heterocycles. The third kappa shape index (κ3) is 2.47. The smallest absolute Gasteiger partial charge is 0.303 e. The van der Waals surface area contributed by atoms with E-state index in [1.807, 2.05) is 0 Å². The van der Waals surface area contributed by atoms with Crippen molar-refractivity contribution in [3.05, 3.63) is 0 Å². The zero-order valence-corrected chi connectivity index (χ0v) is 12.0. The number of hydrogen-bond acceptors (Lipinski definition) is 5. The highest BCUT2D eigenvalue weighted by molar-refractivity contribution is 6.08. The first kappa shape index (κ1) is 15.0. The second-order valence-electron chi connectivity index (χ2n) is 5.95. The number of imide groups is 1. The number of ether oxygens (including phenoxy) is 1. The molecule has 120 valence electrons. The monoisotopic (exact) mass is 310 g/mol. The molecule has 3 aliphatic rings. The summed E-state index contributed by atoms with van der Waals surface area (Å²) >= 11 is 0. The van der Waals surface area contributed by atoms with Gasteiger partial charge >= 0.3 is 5.97 Å². The van der Waals surface area contributed by atoms with Crippen molar-refractivity contribution in [3.8, 4) is 0 Å². The van der Waals surface area contributed by atoms with Gasteiger partial charge in [0.2, 0.25) is 17.7 Å². The van der Waals surface area contributed by atoms with Crippen LogP contribution in [0.2, 0.25) is 0 Å². The summed E-state index contributed by atoms with van der Waals surface area (Å²) in [5, 5.41) is 11.0. The fraction of sp³-hybridized carbons (Fsp3) is 0.714. The third-order valence-electron chi connectivity index (χ3n) is 4.57. The lowest BCUT2D eigenvalue weighted by molar-refractivity contribution is -0.146. The van der Waals surface area contributed by atoms with Crippen molar-refractivity contribution < 1.29 is 29.0 Å². The Balaban J connectivity index is 1.53. The number of likely N-dealkylation sites (tertiary alicyclic amines) is 1. The molecule has 2 bridgehead atoms. The highest BCUT2D eigenvalue weighted by atomic mass is 16.5. The normalized spacial score (nSPS) is 32.5. The van der Waals surface area contributed by atoms with Crippen LogP contribution in [0, 0.1) is 11.8 Å². The molecule has 0 aromatic heterocycles. The van der Waals surface area contributed by atoms with Crippen LogP contribution in [0.3, 0.4) is 0 Å². The van der Waals surface area contributed by atoms with Crippen LogP contribution >= 0.6 is 0 Å². The van der Waals surface area contributed by atoms with E-state index in [4.69, 9.17) is 9.84 Å². The van der Waals surface area contributed by atoms with Gasteiger partial charge in [-0.3, -0.25) is 24.1 Å². The molecule has 0 saturated carbocycles. The fourth-order valence-electron chi connectivity index (χ4n) is 3.60. The van der Waals surface area contributed by atoms with Crippen molar-refractivity contribution in [1.29, 1.82) is 0 Å². The van der Waals surface area contributed by atoms with E-state index in [-0.39, 0.29) is 43.5 Å². The van der Waals surface area contributed by atoms with Gasteiger partial charge in [0, 0.05) is 13.0 Å². The lowest BCUT2D eigenvalue weighted by atomic mass is 9.81. The molecule has 0 aromatic rings. The van der Waals surface area contributed by atoms with E-state index in [1.54, 1.807) is 0 Å². The summed E-state index contributed by atoms with van der Waals surface area (Å²) in [5.74, 6) is -2.86. The lowest BCUT2D eigenvalue weighted by Gasteiger charge is -2.16. The molecule has 4 atom stereocenters. The molecule has 2 N–H and O–H groups in total. The molecule has 3 rings (SSSR count). The molecule has 0 spiro atoms. The minimum absolute atomic E-state index is 0.0350. The molecule has 3 heterocycles. The number of nitrogens with zero attached hydrogens (tertiary/aromatic N) is 1. The van der Waals surface area contributed by atoms with Gasteiger partial charge in [0.05, 0.1) is 24.0 Å². The van der Waals surface area contributed by atoms with Crippen LogP contribution in [-0.2, 0) is 23.9 Å². The van der Waals surface area contributed by atoms with Crippen molar-refractivity contribution in [2.45, 2.75) is 37.9 Å². The zero-order chi connectivity index (χ0) is 15.9. The Morgan fingerprint density at radius 1 is 1.18 bits per heavy atom. The Hall–Kier alpha value is -1.96. The van der Waals surface area contributed by atoms with Crippen molar-refractivity contribution in [3.63, 3.8) is 0 Å². The predicted molar refractivity (Wildman–Crippen MR) is 71.5 cm³/mol. The fourth-order valence-corrected chi connectivity index (χ4v) is 3.60. The highest BCUT2D eigenvalue weighted by Crippen LogP contribution is 2.48. The minimum Gasteiger partial charge on any atom is -0.481 e. The Morgan fingerprint density at radius 2 is 1.77 bits per heavy atom. The Kier molecular flexibility index (Phi) is 3.86. The van der Waals surface area contributed by atoms with Gasteiger partial charge in [-0.2, -0.15) is 0 Å². The maximum atomic E-state index is 12.3. The molecule has 3 amide bonds. The highest BCUT2D eigenvalue weighted by Gasteiger charge is 2.62. The number of aliphatic carboxylic acids is 1. The van der Waals surface area contributed by atoms with Crippen LogP contribution < -0.4 is 5.32 Å². The second kappa shape index (κ2) is 5.68. The van der Waals surface area contributed by atoms with Crippen LogP contribution in [0.15, 0.2) is 0 Å². The van der Waals surface area contributed by atoms with Gasteiger partial charge in [-0.1, -0.05) is 0 Å². The van der Waals surface area contributed by atoms with E-state index in [9.17, 15) is 19.2 Å². The molecule has 8 nitrogen and oxygen atoms in total. The molecule has 22 heavy (non-hydrogen) atoms. The van der Waals surface area contributed by atoms with Crippen molar-refractivity contribution >= 4 is 23.7 Å². The summed E-state index contributed by atoms with van der Waals surface area (Å²) in [5.41, 5.74) is 0. The van der Waals surface area contributed by atoms with Crippen LogP contribution in [0.5, 0.6) is 0 Å². The number of carboxylic acids is 1. The average Bonchev–Trinajstić information content (AvgIpc) is 3.13. The standard InChI is InChI=1S/C14H18N2O6/c17-9(15-5-1-2-10(18)19)6-16-13(20)11-7-3-4-8(22-7)12(11)14(16)21/h7-8,11-12H,1-6H2,(H,15,17)(H,18,19). The predicted octanol–water partition coefficient (Wildman–Crippen LogP) is -0.870. The first-order chi connectivity index (χ1) is 10.5. The molecular weight excluding hydrogens is 292 g/mol. The number of amides is 3. The molecular formula is C14H18N2O6. The van der Waals surface area contributed by atoms with E-state index in [0.29, 0.717) is 6.42 Å². The van der Waals surface area contributed by atoms with E-state index >= 15 is 0 Å². The minimum atomic E-state index is -0.928. The van der Waals surface area contributed by atoms with Crippen LogP contribution in [0.25, 0.3) is 0 Å². The average molecular weight is 310 g/mol. The van der Waals surface area contributed by atoms with E-state index in [0.717, 1.165) is 17.7 Å². The number of hydrogen-bond donors (Lipinski definition) is 2. The van der Waals surface area contributed by atoms with E-state index in [2.05, 4.69) is 5.32 Å². The van der Waals surface area contributed by atoms with Crippen LogP contribution in [0.1, 0.15) is 25.7 Å². The summed E-state index contributed by atoms with van der Waals surface area (Å²) in [7, 11) is 0. The summed E-state index contributed by atoms with van der Waals surface area (Å²) in [4.78, 5) is 47.8. The Morgan fingerprint density at radius 3 is 2.32 bits per heavy atom. The number of carbonyl (C=O) groups excluding carboxylic acids is 3. The Labute approximate surface area is 126 Å². The maximum absolute atomic E-state index is 12.3. The summed E-state index contributed by atoms with van der Waals surface area (Å²) in [6, 6.07) is 0. The summed E-state index contributed by atoms with van der Waals surface area (Å²) in [6.07, 6.45) is 1.49. The van der Waals surface area contributed by atoms with Crippen LogP contribution in [-0.4, -0.2) is 59.0 Å². The van der Waals surface area contributed by atoms with Gasteiger partial charge in [0.1, 0.15) is 6.54 Å². The molecule has 0 aliphatic carbocycles. The van der Waals surface area contributed by atoms with Crippen molar-refractivity contribution in [1.82, 2.24) is 10.2 Å². The van der Waals surface area contributed by atoms with E-state index < -0.39 is 23.7 Å². The van der Waals surface area contributed by atoms with E-state index in [1.165, 1.54) is 0 Å². The molecule has 8 heteroatoms. The number of carbonyl (C=O) groups is 4. The molecule has 3 saturated heterocycles. The maximum Gasteiger partial charge on any atom is 0.303 e. The number of fused-ring (bicyclic) bond motifs is 5. The van der Waals surface area contributed by atoms with Gasteiger partial charge in [-0.05, 0) is 19.3 Å². The van der Waals surface area contributed by atoms with Crippen molar-refractivity contribution in [2.75, 3.05) is 13.1 Å². The zero-order valence-electron chi connectivity index (χ0n) is 12.0. The topological polar surface area (TPSA) is 113 Å². The van der Waals surface area contributed by atoms with Gasteiger partial charge < -0.3 is 15.2 Å². The van der Waals surface area contributed by atoms with Crippen molar-refractivity contribution in [2.24, 2.45) is 11.8 Å². The van der Waals surface area contributed by atoms with Gasteiger partial charge in [-0.25, -0.2) is 0 Å². The van der Waals surface area contributed by atoms with Gasteiger partial charge in [0.25, 0.3) is 0 Å². The molecule has 4 unspecified atom stereocenters. The first-order valence-electron chi connectivity index (χ1n) is 7.48. The first-order valence-corrected chi connectivity index (χ1v) is 7.48. The Bertz CT molecular complexity index is 505. The lowest BCUT2D eigenvalue weighted by Crippen LogP contribution is -2.42. The third-order valence-corrected chi connectivity index (χ3v) is 4.57. The number of carboxylic acid groups (broad SMARTS) is 1. The number of nitrogens with one attached hydrogen (secondary N) is 1. The summed E-state index contributed by atoms with van der Waals surface area (Å²) in [6.45, 7) is -0.0836.